The molecule has 46 heavy (non-hydrogen) atoms. The lowest BCUT2D eigenvalue weighted by atomic mass is 10.1. The minimum atomic E-state index is -0.614. The van der Waals surface area contributed by atoms with Crippen molar-refractivity contribution in [1.82, 2.24) is 10.3 Å². The first-order valence-electron chi connectivity index (χ1n) is 14.2. The number of carbonyl (C=O) groups is 3. The molecular weight excluding hydrogens is 600 g/mol. The molecule has 0 fully saturated rings. The van der Waals surface area contributed by atoms with Gasteiger partial charge in [-0.05, 0) is 66.2 Å². The van der Waals surface area contributed by atoms with Crippen LogP contribution >= 0.6 is 11.8 Å². The monoisotopic (exact) mass is 630 g/mol. The van der Waals surface area contributed by atoms with Crippen LogP contribution in [0.5, 0.6) is 11.5 Å². The number of rotatable bonds is 11. The second-order valence-corrected chi connectivity index (χ2v) is 11.1. The quantitative estimate of drug-likeness (QED) is 0.0947. The van der Waals surface area contributed by atoms with Gasteiger partial charge in [-0.25, -0.2) is 4.98 Å². The molecular formula is C36H30N4O5S. The summed E-state index contributed by atoms with van der Waals surface area (Å²) in [5, 5.41) is 17.7. The smallest absolute Gasteiger partial charge is 0.272 e. The Labute approximate surface area is 270 Å². The average molecular weight is 631 g/mol. The van der Waals surface area contributed by atoms with Gasteiger partial charge in [0.05, 0.1) is 7.11 Å². The van der Waals surface area contributed by atoms with Crippen molar-refractivity contribution in [1.29, 1.82) is 0 Å². The zero-order chi connectivity index (χ0) is 32.3. The zero-order valence-electron chi connectivity index (χ0n) is 24.7. The number of carbonyl (C=O) groups excluding carboxylic acids is 3. The van der Waals surface area contributed by atoms with E-state index in [2.05, 4.69) is 20.9 Å². The second kappa shape index (κ2) is 15.2. The molecule has 5 rings (SSSR count). The van der Waals surface area contributed by atoms with Crippen LogP contribution in [0.25, 0.3) is 6.08 Å². The molecule has 4 aromatic carbocycles. The van der Waals surface area contributed by atoms with Gasteiger partial charge in [0.1, 0.15) is 28.3 Å². The average Bonchev–Trinajstić information content (AvgIpc) is 3.08. The van der Waals surface area contributed by atoms with Gasteiger partial charge in [0.15, 0.2) is 0 Å². The number of hydrogen-bond donors (Lipinski definition) is 4. The van der Waals surface area contributed by atoms with Gasteiger partial charge in [0.25, 0.3) is 11.8 Å². The van der Waals surface area contributed by atoms with Crippen molar-refractivity contribution in [3.8, 4) is 11.5 Å². The third-order valence-electron chi connectivity index (χ3n) is 6.65. The number of nitrogens with one attached hydrogen (secondary N) is 3. The Morgan fingerprint density at radius 1 is 0.826 bits per heavy atom. The van der Waals surface area contributed by atoms with Gasteiger partial charge in [-0.1, -0.05) is 60.7 Å². The standard InChI is InChI=1S/C36H30N4O5S/c1-45-31-23-28(41)19-18-26(31)21-30(39-34(42)25-13-6-3-7-14-25)35(43)38-27-15-10-16-29(22-27)46-33(24-11-4-2-5-12-24)36(44)40-32-17-8-9-20-37-32/h2-23,33,41H,1H3,(H,38,43)(H,39,42)(H,37,40,44)/b30-21+. The fraction of sp³-hybridized carbons (Fsp3) is 0.0556. The van der Waals surface area contributed by atoms with Gasteiger partial charge in [0.2, 0.25) is 5.91 Å². The van der Waals surface area contributed by atoms with Gasteiger partial charge < -0.3 is 25.8 Å². The SMILES string of the molecule is COc1cc(O)ccc1/C=C(/NC(=O)c1ccccc1)C(=O)Nc1cccc(SC(C(=O)Nc2ccccn2)c2ccccc2)c1. The predicted octanol–water partition coefficient (Wildman–Crippen LogP) is 6.68. The van der Waals surface area contributed by atoms with Gasteiger partial charge in [-0.15, -0.1) is 11.8 Å². The summed E-state index contributed by atoms with van der Waals surface area (Å²) in [5.74, 6) is -0.570. The molecule has 0 radical (unpaired) electrons. The summed E-state index contributed by atoms with van der Waals surface area (Å²) in [5.41, 5.74) is 2.03. The molecule has 230 valence electrons. The molecule has 5 aromatic rings. The molecule has 10 heteroatoms. The molecule has 0 bridgehead atoms. The maximum Gasteiger partial charge on any atom is 0.272 e. The van der Waals surface area contributed by atoms with E-state index in [0.29, 0.717) is 28.4 Å². The Morgan fingerprint density at radius 2 is 1.57 bits per heavy atom. The number of hydrogen-bond acceptors (Lipinski definition) is 7. The number of amides is 3. The molecule has 3 amide bonds. The van der Waals surface area contributed by atoms with E-state index in [1.165, 1.54) is 37.1 Å². The Balaban J connectivity index is 1.40. The molecule has 0 aliphatic heterocycles. The molecule has 4 N–H and O–H groups in total. The summed E-state index contributed by atoms with van der Waals surface area (Å²) in [6, 6.07) is 34.7. The summed E-state index contributed by atoms with van der Waals surface area (Å²) < 4.78 is 5.37. The van der Waals surface area contributed by atoms with E-state index in [1.54, 1.807) is 79.0 Å². The number of methoxy groups -OCH3 is 1. The third-order valence-corrected chi connectivity index (χ3v) is 7.90. The minimum absolute atomic E-state index is 0.00911. The van der Waals surface area contributed by atoms with Crippen LogP contribution in [0.4, 0.5) is 11.5 Å². The highest BCUT2D eigenvalue weighted by Gasteiger charge is 2.23. The largest absolute Gasteiger partial charge is 0.508 e. The lowest BCUT2D eigenvalue weighted by Crippen LogP contribution is -2.30. The number of phenolic OH excluding ortho intramolecular Hbond substituents is 1. The van der Waals surface area contributed by atoms with E-state index < -0.39 is 17.1 Å². The van der Waals surface area contributed by atoms with E-state index in [0.717, 1.165) is 10.5 Å². The number of ether oxygens (including phenoxy) is 1. The van der Waals surface area contributed by atoms with Gasteiger partial charge in [0, 0.05) is 34.0 Å². The maximum atomic E-state index is 13.7. The van der Waals surface area contributed by atoms with Crippen molar-refractivity contribution < 1.29 is 24.2 Å². The van der Waals surface area contributed by atoms with E-state index in [4.69, 9.17) is 4.74 Å². The highest BCUT2D eigenvalue weighted by molar-refractivity contribution is 8.00. The molecule has 0 saturated heterocycles. The van der Waals surface area contributed by atoms with Crippen molar-refractivity contribution in [2.24, 2.45) is 0 Å². The van der Waals surface area contributed by atoms with E-state index in [1.807, 2.05) is 36.4 Å². The van der Waals surface area contributed by atoms with Crippen LogP contribution < -0.4 is 20.7 Å². The molecule has 0 aliphatic carbocycles. The number of pyridine rings is 1. The Kier molecular flexibility index (Phi) is 10.4. The fourth-order valence-corrected chi connectivity index (χ4v) is 5.51. The fourth-order valence-electron chi connectivity index (χ4n) is 4.43. The number of benzene rings is 4. The number of thioether (sulfide) groups is 1. The lowest BCUT2D eigenvalue weighted by molar-refractivity contribution is -0.116. The molecule has 0 aliphatic rings. The van der Waals surface area contributed by atoms with Crippen LogP contribution in [0.3, 0.4) is 0 Å². The first kappa shape index (κ1) is 31.6. The topological polar surface area (TPSA) is 130 Å². The molecule has 0 spiro atoms. The van der Waals surface area contributed by atoms with Crippen molar-refractivity contribution in [2.75, 3.05) is 17.7 Å². The highest BCUT2D eigenvalue weighted by atomic mass is 32.2. The van der Waals surface area contributed by atoms with Crippen molar-refractivity contribution in [3.05, 3.63) is 150 Å². The summed E-state index contributed by atoms with van der Waals surface area (Å²) >= 11 is 1.32. The van der Waals surface area contributed by atoms with Crippen LogP contribution in [0.2, 0.25) is 0 Å². The Morgan fingerprint density at radius 3 is 2.28 bits per heavy atom. The minimum Gasteiger partial charge on any atom is -0.508 e. The first-order chi connectivity index (χ1) is 22.4. The van der Waals surface area contributed by atoms with Crippen LogP contribution in [-0.2, 0) is 9.59 Å². The maximum absolute atomic E-state index is 13.7. The molecule has 1 atom stereocenters. The molecule has 9 nitrogen and oxygen atoms in total. The zero-order valence-corrected chi connectivity index (χ0v) is 25.5. The van der Waals surface area contributed by atoms with Crippen molar-refractivity contribution >= 4 is 47.1 Å². The summed E-state index contributed by atoms with van der Waals surface area (Å²) in [6.45, 7) is 0. The van der Waals surface area contributed by atoms with Gasteiger partial charge in [-0.2, -0.15) is 0 Å². The number of anilines is 2. The summed E-state index contributed by atoms with van der Waals surface area (Å²) in [7, 11) is 1.44. The van der Waals surface area contributed by atoms with E-state index in [9.17, 15) is 19.5 Å². The first-order valence-corrected chi connectivity index (χ1v) is 15.1. The molecule has 1 aromatic heterocycles. The van der Waals surface area contributed by atoms with Gasteiger partial charge in [-0.3, -0.25) is 14.4 Å². The van der Waals surface area contributed by atoms with E-state index in [-0.39, 0.29) is 17.4 Å². The third kappa shape index (κ3) is 8.40. The number of nitrogens with zero attached hydrogens (tertiary/aromatic N) is 1. The molecule has 0 saturated carbocycles. The Hall–Kier alpha value is -5.87. The highest BCUT2D eigenvalue weighted by Crippen LogP contribution is 2.37. The van der Waals surface area contributed by atoms with Crippen LogP contribution in [-0.4, -0.2) is 34.9 Å². The molecule has 1 unspecified atom stereocenters. The van der Waals surface area contributed by atoms with Gasteiger partial charge >= 0.3 is 0 Å². The second-order valence-electron chi connectivity index (χ2n) is 9.90. The summed E-state index contributed by atoms with van der Waals surface area (Å²) in [6.07, 6.45) is 3.08. The van der Waals surface area contributed by atoms with Crippen molar-refractivity contribution in [3.63, 3.8) is 0 Å². The molecule has 1 heterocycles. The Bertz CT molecular complexity index is 1850. The predicted molar refractivity (Wildman–Crippen MR) is 180 cm³/mol. The number of aromatic nitrogens is 1. The van der Waals surface area contributed by atoms with Crippen LogP contribution in [0.1, 0.15) is 26.7 Å². The van der Waals surface area contributed by atoms with Crippen LogP contribution in [0, 0.1) is 0 Å². The lowest BCUT2D eigenvalue weighted by Gasteiger charge is -2.17. The normalized spacial score (nSPS) is 11.6. The van der Waals surface area contributed by atoms with Crippen molar-refractivity contribution in [2.45, 2.75) is 10.1 Å². The van der Waals surface area contributed by atoms with Crippen LogP contribution in [0.15, 0.2) is 138 Å². The summed E-state index contributed by atoms with van der Waals surface area (Å²) in [4.78, 5) is 45.1. The number of phenols is 1. The van der Waals surface area contributed by atoms with E-state index >= 15 is 0 Å². The number of aromatic hydroxyl groups is 1.